The maximum atomic E-state index is 5.55. The summed E-state index contributed by atoms with van der Waals surface area (Å²) in [6, 6.07) is 3.58. The monoisotopic (exact) mass is 175 g/mol. The number of hydrogen-bond donors (Lipinski definition) is 0. The SMILES string of the molecule is COSc1ccc(Cl)nc1. The van der Waals surface area contributed by atoms with E-state index in [9.17, 15) is 0 Å². The van der Waals surface area contributed by atoms with Crippen LogP contribution >= 0.6 is 23.6 Å². The fourth-order valence-electron chi connectivity index (χ4n) is 0.508. The standard InChI is InChI=1S/C6H6ClNOS/c1-9-10-5-2-3-6(7)8-4-5/h2-4H,1H3. The lowest BCUT2D eigenvalue weighted by Crippen LogP contribution is -1.75. The van der Waals surface area contributed by atoms with Crippen molar-refractivity contribution in [3.05, 3.63) is 23.5 Å². The van der Waals surface area contributed by atoms with Crippen LogP contribution in [-0.4, -0.2) is 12.1 Å². The minimum Gasteiger partial charge on any atom is -0.314 e. The Hall–Kier alpha value is -0.250. The lowest BCUT2D eigenvalue weighted by molar-refractivity contribution is 0.489. The highest BCUT2D eigenvalue weighted by Gasteiger charge is 1.92. The molecule has 1 rings (SSSR count). The Morgan fingerprint density at radius 2 is 2.40 bits per heavy atom. The highest BCUT2D eigenvalue weighted by atomic mass is 35.5. The Bertz CT molecular complexity index is 201. The van der Waals surface area contributed by atoms with Crippen LogP contribution in [0.25, 0.3) is 0 Å². The van der Waals surface area contributed by atoms with Crippen LogP contribution in [0, 0.1) is 0 Å². The van der Waals surface area contributed by atoms with Crippen LogP contribution in [0.1, 0.15) is 0 Å². The van der Waals surface area contributed by atoms with E-state index in [1.807, 2.05) is 6.07 Å². The van der Waals surface area contributed by atoms with E-state index in [0.29, 0.717) is 5.15 Å². The first-order valence-corrected chi connectivity index (χ1v) is 3.77. The van der Waals surface area contributed by atoms with Gasteiger partial charge in [0.05, 0.1) is 12.0 Å². The third-order valence-corrected chi connectivity index (χ3v) is 1.70. The first-order chi connectivity index (χ1) is 4.83. The van der Waals surface area contributed by atoms with E-state index in [-0.39, 0.29) is 0 Å². The van der Waals surface area contributed by atoms with E-state index in [1.165, 1.54) is 12.0 Å². The van der Waals surface area contributed by atoms with Gasteiger partial charge in [-0.05, 0) is 12.1 Å². The Labute approximate surface area is 68.8 Å². The van der Waals surface area contributed by atoms with Gasteiger partial charge in [-0.2, -0.15) is 0 Å². The van der Waals surface area contributed by atoms with Gasteiger partial charge in [-0.1, -0.05) is 11.6 Å². The summed E-state index contributed by atoms with van der Waals surface area (Å²) in [5.74, 6) is 0. The third kappa shape index (κ3) is 2.17. The Balaban J connectivity index is 2.69. The third-order valence-electron chi connectivity index (χ3n) is 0.880. The summed E-state index contributed by atoms with van der Waals surface area (Å²) in [6.07, 6.45) is 1.66. The molecule has 0 bridgehead atoms. The fraction of sp³-hybridized carbons (Fsp3) is 0.167. The number of aromatic nitrogens is 1. The van der Waals surface area contributed by atoms with Gasteiger partial charge in [0.25, 0.3) is 0 Å². The van der Waals surface area contributed by atoms with Gasteiger partial charge in [0.1, 0.15) is 5.15 Å². The second kappa shape index (κ2) is 3.81. The Kier molecular flexibility index (Phi) is 2.99. The highest BCUT2D eigenvalue weighted by molar-refractivity contribution is 7.94. The fourth-order valence-corrected chi connectivity index (χ4v) is 1.03. The molecule has 0 aliphatic carbocycles. The van der Waals surface area contributed by atoms with Gasteiger partial charge in [0.15, 0.2) is 0 Å². The summed E-state index contributed by atoms with van der Waals surface area (Å²) < 4.78 is 4.80. The number of halogens is 1. The molecule has 0 atom stereocenters. The van der Waals surface area contributed by atoms with Gasteiger partial charge in [-0.3, -0.25) is 0 Å². The lowest BCUT2D eigenvalue weighted by atomic mass is 10.5. The number of hydrogen-bond acceptors (Lipinski definition) is 3. The van der Waals surface area contributed by atoms with Crippen LogP contribution in [0.3, 0.4) is 0 Å². The zero-order valence-electron chi connectivity index (χ0n) is 5.37. The van der Waals surface area contributed by atoms with Gasteiger partial charge >= 0.3 is 0 Å². The molecule has 2 nitrogen and oxygen atoms in total. The summed E-state index contributed by atoms with van der Waals surface area (Å²) in [4.78, 5) is 4.81. The van der Waals surface area contributed by atoms with Crippen molar-refractivity contribution in [3.8, 4) is 0 Å². The molecule has 0 radical (unpaired) electrons. The van der Waals surface area contributed by atoms with Crippen LogP contribution in [-0.2, 0) is 4.18 Å². The van der Waals surface area contributed by atoms with Crippen LogP contribution in [0.4, 0.5) is 0 Å². The minimum atomic E-state index is 0.500. The zero-order chi connectivity index (χ0) is 7.40. The van der Waals surface area contributed by atoms with E-state index in [4.69, 9.17) is 15.8 Å². The van der Waals surface area contributed by atoms with Crippen LogP contribution < -0.4 is 0 Å². The van der Waals surface area contributed by atoms with E-state index in [2.05, 4.69) is 4.98 Å². The molecule has 4 heteroatoms. The quantitative estimate of drug-likeness (QED) is 0.509. The van der Waals surface area contributed by atoms with E-state index in [1.54, 1.807) is 19.4 Å². The molecule has 54 valence electrons. The molecule has 1 aromatic rings. The molecule has 10 heavy (non-hydrogen) atoms. The summed E-state index contributed by atoms with van der Waals surface area (Å²) >= 11 is 6.81. The minimum absolute atomic E-state index is 0.500. The molecule has 0 unspecified atom stereocenters. The van der Waals surface area contributed by atoms with E-state index < -0.39 is 0 Å². The normalized spacial score (nSPS) is 9.80. The predicted molar refractivity (Wildman–Crippen MR) is 42.1 cm³/mol. The van der Waals surface area contributed by atoms with Crippen molar-refractivity contribution >= 4 is 23.6 Å². The largest absolute Gasteiger partial charge is 0.314 e. The molecule has 1 heterocycles. The molecule has 0 N–H and O–H groups in total. The van der Waals surface area contributed by atoms with Crippen molar-refractivity contribution in [2.75, 3.05) is 7.11 Å². The molecule has 0 saturated carbocycles. The molecular formula is C6H6ClNOS. The van der Waals surface area contributed by atoms with E-state index >= 15 is 0 Å². The van der Waals surface area contributed by atoms with Crippen molar-refractivity contribution in [2.24, 2.45) is 0 Å². The first kappa shape index (κ1) is 7.85. The average molecular weight is 176 g/mol. The van der Waals surface area contributed by atoms with Crippen molar-refractivity contribution in [1.82, 2.24) is 4.98 Å². The van der Waals surface area contributed by atoms with Gasteiger partial charge in [0, 0.05) is 18.2 Å². The predicted octanol–water partition coefficient (Wildman–Crippen LogP) is 2.39. The Morgan fingerprint density at radius 1 is 1.60 bits per heavy atom. The maximum absolute atomic E-state index is 5.55. The average Bonchev–Trinajstić information content (AvgIpc) is 1.95. The van der Waals surface area contributed by atoms with Crippen molar-refractivity contribution in [3.63, 3.8) is 0 Å². The molecule has 0 saturated heterocycles. The molecule has 0 aliphatic rings. The zero-order valence-corrected chi connectivity index (χ0v) is 6.95. The van der Waals surface area contributed by atoms with Crippen LogP contribution in [0.2, 0.25) is 5.15 Å². The molecule has 0 aromatic carbocycles. The topological polar surface area (TPSA) is 22.1 Å². The maximum Gasteiger partial charge on any atom is 0.129 e. The first-order valence-electron chi connectivity index (χ1n) is 2.65. The molecule has 0 aliphatic heterocycles. The Morgan fingerprint density at radius 3 is 2.90 bits per heavy atom. The molecular weight excluding hydrogens is 170 g/mol. The number of pyridine rings is 1. The highest BCUT2D eigenvalue weighted by Crippen LogP contribution is 2.17. The van der Waals surface area contributed by atoms with Gasteiger partial charge in [0.2, 0.25) is 0 Å². The van der Waals surface area contributed by atoms with Crippen molar-refractivity contribution < 1.29 is 4.18 Å². The molecule has 0 fully saturated rings. The number of nitrogens with zero attached hydrogens (tertiary/aromatic N) is 1. The summed E-state index contributed by atoms with van der Waals surface area (Å²) in [7, 11) is 1.61. The van der Waals surface area contributed by atoms with Crippen LogP contribution in [0.5, 0.6) is 0 Å². The van der Waals surface area contributed by atoms with E-state index in [0.717, 1.165) is 4.90 Å². The lowest BCUT2D eigenvalue weighted by Gasteiger charge is -1.94. The second-order valence-corrected chi connectivity index (χ2v) is 2.93. The summed E-state index contributed by atoms with van der Waals surface area (Å²) in [6.45, 7) is 0. The van der Waals surface area contributed by atoms with Crippen molar-refractivity contribution in [1.29, 1.82) is 0 Å². The molecule has 0 amide bonds. The second-order valence-electron chi connectivity index (χ2n) is 1.57. The molecule has 1 aromatic heterocycles. The van der Waals surface area contributed by atoms with Gasteiger partial charge in [-0.25, -0.2) is 4.98 Å². The van der Waals surface area contributed by atoms with Gasteiger partial charge < -0.3 is 4.18 Å². The summed E-state index contributed by atoms with van der Waals surface area (Å²) in [5.41, 5.74) is 0. The van der Waals surface area contributed by atoms with Crippen molar-refractivity contribution in [2.45, 2.75) is 4.90 Å². The summed E-state index contributed by atoms with van der Waals surface area (Å²) in [5, 5.41) is 0.500. The van der Waals surface area contributed by atoms with Crippen LogP contribution in [0.15, 0.2) is 23.2 Å². The number of rotatable bonds is 2. The molecule has 0 spiro atoms. The smallest absolute Gasteiger partial charge is 0.129 e. The van der Waals surface area contributed by atoms with Gasteiger partial charge in [-0.15, -0.1) is 0 Å².